The number of nitrogens with zero attached hydrogens (tertiary/aromatic N) is 2. The van der Waals surface area contributed by atoms with Crippen LogP contribution in [0.25, 0.3) is 10.9 Å². The molecular weight excluding hydrogens is 342 g/mol. The number of aromatic nitrogens is 2. The summed E-state index contributed by atoms with van der Waals surface area (Å²) < 4.78 is 2.59. The van der Waals surface area contributed by atoms with Crippen molar-refractivity contribution in [3.05, 3.63) is 81.0 Å². The standard InChI is InChI=1S/C21H23N3O3/c1-15(2)22-19(25)14-24-18-11-7-6-10-17(18)20(26)23(21(24)27)13-12-16-8-4-3-5-9-16/h3-11,15H,12-14H2,1-2H3,(H,22,25). The Kier molecular flexibility index (Phi) is 5.54. The van der Waals surface area contributed by atoms with Gasteiger partial charge in [-0.1, -0.05) is 42.5 Å². The minimum Gasteiger partial charge on any atom is -0.352 e. The molecule has 1 aromatic heterocycles. The molecule has 0 saturated heterocycles. The second kappa shape index (κ2) is 8.03. The molecule has 0 fully saturated rings. The number of aryl methyl sites for hydroxylation is 1. The Morgan fingerprint density at radius 1 is 0.963 bits per heavy atom. The molecule has 0 saturated carbocycles. The first-order valence-electron chi connectivity index (χ1n) is 9.03. The summed E-state index contributed by atoms with van der Waals surface area (Å²) in [6.07, 6.45) is 0.562. The summed E-state index contributed by atoms with van der Waals surface area (Å²) in [5.41, 5.74) is 0.726. The van der Waals surface area contributed by atoms with E-state index in [1.807, 2.05) is 44.2 Å². The van der Waals surface area contributed by atoms with Crippen molar-refractivity contribution in [1.29, 1.82) is 0 Å². The molecule has 6 nitrogen and oxygen atoms in total. The van der Waals surface area contributed by atoms with Crippen LogP contribution in [0.1, 0.15) is 19.4 Å². The molecule has 27 heavy (non-hydrogen) atoms. The highest BCUT2D eigenvalue weighted by Gasteiger charge is 2.15. The lowest BCUT2D eigenvalue weighted by molar-refractivity contribution is -0.122. The molecule has 3 rings (SSSR count). The first-order valence-corrected chi connectivity index (χ1v) is 9.03. The van der Waals surface area contributed by atoms with E-state index in [1.54, 1.807) is 24.3 Å². The van der Waals surface area contributed by atoms with Gasteiger partial charge >= 0.3 is 5.69 Å². The van der Waals surface area contributed by atoms with E-state index in [2.05, 4.69) is 5.32 Å². The van der Waals surface area contributed by atoms with Crippen molar-refractivity contribution in [2.75, 3.05) is 0 Å². The van der Waals surface area contributed by atoms with Gasteiger partial charge in [-0.2, -0.15) is 0 Å². The Hall–Kier alpha value is -3.15. The first-order chi connectivity index (χ1) is 13.0. The van der Waals surface area contributed by atoms with Crippen LogP contribution in [0.5, 0.6) is 0 Å². The molecule has 1 heterocycles. The molecule has 0 radical (unpaired) electrons. The summed E-state index contributed by atoms with van der Waals surface area (Å²) in [4.78, 5) is 38.1. The number of hydrogen-bond donors (Lipinski definition) is 1. The average Bonchev–Trinajstić information content (AvgIpc) is 2.65. The summed E-state index contributed by atoms with van der Waals surface area (Å²) in [6, 6.07) is 16.6. The van der Waals surface area contributed by atoms with Crippen LogP contribution in [-0.4, -0.2) is 21.1 Å². The molecule has 0 atom stereocenters. The second-order valence-corrected chi connectivity index (χ2v) is 6.80. The Balaban J connectivity index is 2.04. The predicted octanol–water partition coefficient (Wildman–Crippen LogP) is 1.93. The van der Waals surface area contributed by atoms with Gasteiger partial charge in [0.1, 0.15) is 6.54 Å². The lowest BCUT2D eigenvalue weighted by Crippen LogP contribution is -2.43. The van der Waals surface area contributed by atoms with Gasteiger partial charge in [0.25, 0.3) is 5.56 Å². The molecule has 0 unspecified atom stereocenters. The molecule has 0 bridgehead atoms. The molecule has 0 aliphatic rings. The molecule has 2 aromatic carbocycles. The van der Waals surface area contributed by atoms with Gasteiger partial charge < -0.3 is 5.32 Å². The fourth-order valence-corrected chi connectivity index (χ4v) is 3.12. The van der Waals surface area contributed by atoms with Crippen LogP contribution in [0.4, 0.5) is 0 Å². The van der Waals surface area contributed by atoms with Crippen LogP contribution >= 0.6 is 0 Å². The number of carbonyl (C=O) groups is 1. The largest absolute Gasteiger partial charge is 0.352 e. The second-order valence-electron chi connectivity index (χ2n) is 6.80. The highest BCUT2D eigenvalue weighted by atomic mass is 16.2. The van der Waals surface area contributed by atoms with Crippen molar-refractivity contribution in [3.8, 4) is 0 Å². The molecule has 0 aliphatic heterocycles. The van der Waals surface area contributed by atoms with Crippen molar-refractivity contribution < 1.29 is 4.79 Å². The minimum atomic E-state index is -0.464. The number of fused-ring (bicyclic) bond motifs is 1. The average molecular weight is 365 g/mol. The van der Waals surface area contributed by atoms with E-state index in [1.165, 1.54) is 9.13 Å². The van der Waals surface area contributed by atoms with E-state index >= 15 is 0 Å². The van der Waals surface area contributed by atoms with E-state index < -0.39 is 5.69 Å². The predicted molar refractivity (Wildman–Crippen MR) is 106 cm³/mol. The lowest BCUT2D eigenvalue weighted by Gasteiger charge is -2.15. The maximum atomic E-state index is 13.0. The Bertz CT molecular complexity index is 1070. The topological polar surface area (TPSA) is 73.1 Å². The third kappa shape index (κ3) is 4.16. The number of rotatable bonds is 6. The van der Waals surface area contributed by atoms with Crippen molar-refractivity contribution >= 4 is 16.8 Å². The quantitative estimate of drug-likeness (QED) is 0.725. The highest BCUT2D eigenvalue weighted by Crippen LogP contribution is 2.08. The fourth-order valence-electron chi connectivity index (χ4n) is 3.12. The van der Waals surface area contributed by atoms with Gasteiger partial charge in [0.2, 0.25) is 5.91 Å². The SMILES string of the molecule is CC(C)NC(=O)Cn1c(=O)n(CCc2ccccc2)c(=O)c2ccccc21. The summed E-state index contributed by atoms with van der Waals surface area (Å²) in [6.45, 7) is 3.86. The van der Waals surface area contributed by atoms with Gasteiger partial charge in [-0.25, -0.2) is 4.79 Å². The number of carbonyl (C=O) groups excluding carboxylic acids is 1. The van der Waals surface area contributed by atoms with Crippen LogP contribution < -0.4 is 16.6 Å². The minimum absolute atomic E-state index is 0.0246. The van der Waals surface area contributed by atoms with Crippen molar-refractivity contribution in [1.82, 2.24) is 14.5 Å². The zero-order chi connectivity index (χ0) is 19.4. The van der Waals surface area contributed by atoms with Crippen LogP contribution in [0, 0.1) is 0 Å². The monoisotopic (exact) mass is 365 g/mol. The van der Waals surface area contributed by atoms with E-state index in [0.29, 0.717) is 17.3 Å². The molecule has 1 amide bonds. The Labute approximate surface area is 157 Å². The number of hydrogen-bond acceptors (Lipinski definition) is 3. The van der Waals surface area contributed by atoms with E-state index in [0.717, 1.165) is 5.56 Å². The number of para-hydroxylation sites is 1. The lowest BCUT2D eigenvalue weighted by atomic mass is 10.1. The molecule has 1 N–H and O–H groups in total. The first kappa shape index (κ1) is 18.6. The van der Waals surface area contributed by atoms with Crippen LogP contribution in [0.15, 0.2) is 64.2 Å². The van der Waals surface area contributed by atoms with Crippen molar-refractivity contribution in [2.45, 2.75) is 39.4 Å². The smallest absolute Gasteiger partial charge is 0.331 e. The zero-order valence-electron chi connectivity index (χ0n) is 15.5. The fraction of sp³-hybridized carbons (Fsp3) is 0.286. The van der Waals surface area contributed by atoms with Gasteiger partial charge in [0, 0.05) is 12.6 Å². The van der Waals surface area contributed by atoms with Crippen LogP contribution in [-0.2, 0) is 24.3 Å². The molecular formula is C21H23N3O3. The van der Waals surface area contributed by atoms with Gasteiger partial charge in [0.05, 0.1) is 10.9 Å². The van der Waals surface area contributed by atoms with E-state index in [-0.39, 0.29) is 30.6 Å². The summed E-state index contributed by atoms with van der Waals surface area (Å²) in [5.74, 6) is -0.259. The maximum Gasteiger partial charge on any atom is 0.331 e. The molecule has 140 valence electrons. The Morgan fingerprint density at radius 2 is 1.63 bits per heavy atom. The van der Waals surface area contributed by atoms with Gasteiger partial charge in [-0.15, -0.1) is 0 Å². The third-order valence-electron chi connectivity index (χ3n) is 4.35. The number of nitrogens with one attached hydrogen (secondary N) is 1. The highest BCUT2D eigenvalue weighted by molar-refractivity contribution is 5.81. The van der Waals surface area contributed by atoms with E-state index in [4.69, 9.17) is 0 Å². The van der Waals surface area contributed by atoms with Crippen molar-refractivity contribution in [2.24, 2.45) is 0 Å². The Morgan fingerprint density at radius 3 is 2.33 bits per heavy atom. The van der Waals surface area contributed by atoms with E-state index in [9.17, 15) is 14.4 Å². The number of benzene rings is 2. The molecule has 0 aliphatic carbocycles. The van der Waals surface area contributed by atoms with Crippen LogP contribution in [0.3, 0.4) is 0 Å². The van der Waals surface area contributed by atoms with Gasteiger partial charge in [-0.05, 0) is 38.0 Å². The normalized spacial score (nSPS) is 11.1. The van der Waals surface area contributed by atoms with Crippen LogP contribution in [0.2, 0.25) is 0 Å². The van der Waals surface area contributed by atoms with Crippen molar-refractivity contribution in [3.63, 3.8) is 0 Å². The van der Waals surface area contributed by atoms with Gasteiger partial charge in [-0.3, -0.25) is 18.7 Å². The summed E-state index contributed by atoms with van der Waals surface area (Å²) in [5, 5.41) is 3.22. The summed E-state index contributed by atoms with van der Waals surface area (Å²) in [7, 11) is 0. The zero-order valence-corrected chi connectivity index (χ0v) is 15.5. The number of amides is 1. The molecule has 0 spiro atoms. The summed E-state index contributed by atoms with van der Waals surface area (Å²) >= 11 is 0. The third-order valence-corrected chi connectivity index (χ3v) is 4.35. The molecule has 6 heteroatoms. The van der Waals surface area contributed by atoms with Gasteiger partial charge in [0.15, 0.2) is 0 Å². The maximum absolute atomic E-state index is 13.0. The molecule has 3 aromatic rings.